The van der Waals surface area contributed by atoms with Crippen LogP contribution in [0.4, 0.5) is 0 Å². The van der Waals surface area contributed by atoms with Crippen molar-refractivity contribution in [2.75, 3.05) is 0 Å². The van der Waals surface area contributed by atoms with E-state index in [-0.39, 0.29) is 5.76 Å². The Morgan fingerprint density at radius 1 is 1.15 bits per heavy atom. The highest BCUT2D eigenvalue weighted by Crippen LogP contribution is 2.26. The van der Waals surface area contributed by atoms with Gasteiger partial charge in [-0.05, 0) is 35.7 Å². The van der Waals surface area contributed by atoms with Crippen molar-refractivity contribution in [1.29, 1.82) is 0 Å². The number of carbonyl (C=O) groups is 1. The quantitative estimate of drug-likeness (QED) is 0.431. The average Bonchev–Trinajstić information content (AvgIpc) is 3.42. The number of hydrazone groups is 1. The van der Waals surface area contributed by atoms with Gasteiger partial charge in [-0.3, -0.25) is 4.79 Å². The third-order valence-electron chi connectivity index (χ3n) is 3.63. The van der Waals surface area contributed by atoms with E-state index in [1.54, 1.807) is 34.4 Å². The lowest BCUT2D eigenvalue weighted by Crippen LogP contribution is -2.16. The minimum atomic E-state index is -0.403. The number of aromatic nitrogens is 2. The Hall–Kier alpha value is -3.45. The second kappa shape index (κ2) is 7.20. The van der Waals surface area contributed by atoms with Gasteiger partial charge >= 0.3 is 5.91 Å². The highest BCUT2D eigenvalue weighted by atomic mass is 32.1. The van der Waals surface area contributed by atoms with Crippen LogP contribution in [0.25, 0.3) is 16.3 Å². The molecule has 3 heterocycles. The van der Waals surface area contributed by atoms with Gasteiger partial charge in [0.1, 0.15) is 5.69 Å². The van der Waals surface area contributed by atoms with Gasteiger partial charge in [0.05, 0.1) is 23.0 Å². The monoisotopic (exact) mass is 362 g/mol. The fraction of sp³-hybridized carbons (Fsp3) is 0. The summed E-state index contributed by atoms with van der Waals surface area (Å²) in [5, 5.41) is 10.7. The molecule has 0 atom stereocenters. The van der Waals surface area contributed by atoms with Crippen LogP contribution in [-0.4, -0.2) is 21.9 Å². The minimum absolute atomic E-state index is 0.209. The molecule has 0 radical (unpaired) electrons. The zero-order chi connectivity index (χ0) is 17.8. The molecule has 4 aromatic rings. The van der Waals surface area contributed by atoms with Crippen LogP contribution in [0.2, 0.25) is 0 Å². The molecule has 0 saturated carbocycles. The zero-order valence-electron chi connectivity index (χ0n) is 13.6. The van der Waals surface area contributed by atoms with E-state index in [1.165, 1.54) is 6.26 Å². The van der Waals surface area contributed by atoms with Crippen molar-refractivity contribution in [2.24, 2.45) is 5.10 Å². The first-order chi connectivity index (χ1) is 12.8. The number of nitrogens with one attached hydrogen (secondary N) is 1. The number of carbonyl (C=O) groups excluding carboxylic acids is 1. The normalized spacial score (nSPS) is 11.1. The molecule has 4 rings (SSSR count). The molecule has 3 aromatic heterocycles. The van der Waals surface area contributed by atoms with E-state index in [2.05, 4.69) is 15.6 Å². The largest absolute Gasteiger partial charge is 0.459 e. The molecule has 7 heteroatoms. The van der Waals surface area contributed by atoms with Crippen molar-refractivity contribution in [3.05, 3.63) is 83.8 Å². The summed E-state index contributed by atoms with van der Waals surface area (Å²) in [6.45, 7) is 0. The van der Waals surface area contributed by atoms with Crippen molar-refractivity contribution >= 4 is 23.5 Å². The third kappa shape index (κ3) is 3.33. The van der Waals surface area contributed by atoms with Gasteiger partial charge in [-0.15, -0.1) is 11.3 Å². The van der Waals surface area contributed by atoms with Crippen LogP contribution < -0.4 is 5.43 Å². The number of benzene rings is 1. The fourth-order valence-electron chi connectivity index (χ4n) is 2.42. The number of rotatable bonds is 5. The average molecular weight is 362 g/mol. The van der Waals surface area contributed by atoms with E-state index < -0.39 is 5.91 Å². The molecule has 0 aliphatic carbocycles. The lowest BCUT2D eigenvalue weighted by molar-refractivity contribution is 0.0927. The summed E-state index contributed by atoms with van der Waals surface area (Å²) in [7, 11) is 0. The predicted octanol–water partition coefficient (Wildman–Crippen LogP) is 3.96. The van der Waals surface area contributed by atoms with Crippen LogP contribution in [0.1, 0.15) is 16.1 Å². The van der Waals surface area contributed by atoms with Gasteiger partial charge < -0.3 is 4.42 Å². The Kier molecular flexibility index (Phi) is 4.44. The standard InChI is InChI=1S/C19H14N4O2S/c24-19(16-8-4-10-25-16)21-20-12-14-13-23(15-6-2-1-3-7-15)22-18(14)17-9-5-11-26-17/h1-13H,(H,21,24)/b20-12+. The lowest BCUT2D eigenvalue weighted by atomic mass is 10.2. The Labute approximate surface area is 153 Å². The molecule has 0 bridgehead atoms. The molecule has 26 heavy (non-hydrogen) atoms. The summed E-state index contributed by atoms with van der Waals surface area (Å²) < 4.78 is 6.84. The van der Waals surface area contributed by atoms with E-state index in [0.29, 0.717) is 0 Å². The van der Waals surface area contributed by atoms with E-state index >= 15 is 0 Å². The molecule has 128 valence electrons. The van der Waals surface area contributed by atoms with Crippen LogP contribution >= 0.6 is 11.3 Å². The van der Waals surface area contributed by atoms with Crippen molar-refractivity contribution < 1.29 is 9.21 Å². The van der Waals surface area contributed by atoms with Gasteiger partial charge in [0, 0.05) is 11.8 Å². The maximum atomic E-state index is 11.9. The molecule has 0 spiro atoms. The van der Waals surface area contributed by atoms with Gasteiger partial charge in [0.25, 0.3) is 0 Å². The van der Waals surface area contributed by atoms with Crippen LogP contribution in [0, 0.1) is 0 Å². The molecule has 0 unspecified atom stereocenters. The van der Waals surface area contributed by atoms with Crippen LogP contribution in [0.15, 0.2) is 82.0 Å². The third-order valence-corrected chi connectivity index (χ3v) is 4.51. The molecule has 0 saturated heterocycles. The van der Waals surface area contributed by atoms with Crippen molar-refractivity contribution in [2.45, 2.75) is 0 Å². The predicted molar refractivity (Wildman–Crippen MR) is 101 cm³/mol. The van der Waals surface area contributed by atoms with Gasteiger partial charge in [0.15, 0.2) is 5.76 Å². The van der Waals surface area contributed by atoms with E-state index in [1.807, 2.05) is 54.0 Å². The number of hydrogen-bond donors (Lipinski definition) is 1. The summed E-state index contributed by atoms with van der Waals surface area (Å²) in [5.74, 6) is -0.194. The maximum Gasteiger partial charge on any atom is 0.307 e. The van der Waals surface area contributed by atoms with Crippen molar-refractivity contribution in [1.82, 2.24) is 15.2 Å². The highest BCUT2D eigenvalue weighted by Gasteiger charge is 2.12. The van der Waals surface area contributed by atoms with Gasteiger partial charge in [-0.25, -0.2) is 10.1 Å². The van der Waals surface area contributed by atoms with E-state index in [0.717, 1.165) is 21.8 Å². The first-order valence-electron chi connectivity index (χ1n) is 7.87. The summed E-state index contributed by atoms with van der Waals surface area (Å²) in [6.07, 6.45) is 4.91. The van der Waals surface area contributed by atoms with Crippen LogP contribution in [-0.2, 0) is 0 Å². The van der Waals surface area contributed by atoms with Crippen molar-refractivity contribution in [3.63, 3.8) is 0 Å². The zero-order valence-corrected chi connectivity index (χ0v) is 14.4. The second-order valence-corrected chi connectivity index (χ2v) is 6.31. The van der Waals surface area contributed by atoms with Crippen LogP contribution in [0.3, 0.4) is 0 Å². The first-order valence-corrected chi connectivity index (χ1v) is 8.75. The number of hydrogen-bond acceptors (Lipinski definition) is 5. The van der Waals surface area contributed by atoms with Gasteiger partial charge in [0.2, 0.25) is 0 Å². The van der Waals surface area contributed by atoms with Gasteiger partial charge in [-0.1, -0.05) is 24.3 Å². The molecule has 0 fully saturated rings. The number of furan rings is 1. The van der Waals surface area contributed by atoms with E-state index in [9.17, 15) is 4.79 Å². The second-order valence-electron chi connectivity index (χ2n) is 5.37. The Morgan fingerprint density at radius 3 is 2.77 bits per heavy atom. The highest BCUT2D eigenvalue weighted by molar-refractivity contribution is 7.13. The summed E-state index contributed by atoms with van der Waals surface area (Å²) >= 11 is 1.60. The number of nitrogens with zero attached hydrogens (tertiary/aromatic N) is 3. The van der Waals surface area contributed by atoms with E-state index in [4.69, 9.17) is 4.42 Å². The molecule has 6 nitrogen and oxygen atoms in total. The topological polar surface area (TPSA) is 72.4 Å². The molecular formula is C19H14N4O2S. The van der Waals surface area contributed by atoms with Crippen molar-refractivity contribution in [3.8, 4) is 16.3 Å². The molecule has 0 aliphatic rings. The van der Waals surface area contributed by atoms with Gasteiger partial charge in [-0.2, -0.15) is 10.2 Å². The summed E-state index contributed by atoms with van der Waals surface area (Å²) in [6, 6.07) is 17.0. The SMILES string of the molecule is O=C(N/N=C/c1cn(-c2ccccc2)nc1-c1cccs1)c1ccco1. The Morgan fingerprint density at radius 2 is 2.04 bits per heavy atom. The number of para-hydroxylation sites is 1. The molecule has 0 aliphatic heterocycles. The van der Waals surface area contributed by atoms with Crippen LogP contribution in [0.5, 0.6) is 0 Å². The smallest absolute Gasteiger partial charge is 0.307 e. The fourth-order valence-corrected chi connectivity index (χ4v) is 3.15. The molecule has 1 N–H and O–H groups in total. The Balaban J connectivity index is 1.63. The lowest BCUT2D eigenvalue weighted by Gasteiger charge is -1.98. The molecular weight excluding hydrogens is 348 g/mol. The summed E-state index contributed by atoms with van der Waals surface area (Å²) in [4.78, 5) is 12.9. The first kappa shape index (κ1) is 16.0. The minimum Gasteiger partial charge on any atom is -0.459 e. The number of thiophene rings is 1. The maximum absolute atomic E-state index is 11.9. The number of amides is 1. The Bertz CT molecular complexity index is 1020. The summed E-state index contributed by atoms with van der Waals surface area (Å²) in [5.41, 5.74) is 5.01. The molecule has 1 amide bonds. The molecule has 1 aromatic carbocycles.